The van der Waals surface area contributed by atoms with Gasteiger partial charge in [0.15, 0.2) is 0 Å². The molecule has 2 rings (SSSR count). The van der Waals surface area contributed by atoms with Crippen molar-refractivity contribution in [3.05, 3.63) is 28.8 Å². The first-order valence-electron chi connectivity index (χ1n) is 6.08. The van der Waals surface area contributed by atoms with Crippen LogP contribution in [0, 0.1) is 6.92 Å². The molecular weight excluding hydrogens is 250 g/mol. The highest BCUT2D eigenvalue weighted by molar-refractivity contribution is 6.30. The van der Waals surface area contributed by atoms with Crippen molar-refractivity contribution in [2.24, 2.45) is 5.73 Å². The van der Waals surface area contributed by atoms with Crippen molar-refractivity contribution in [2.45, 2.75) is 19.4 Å². The molecule has 98 valence electrons. The number of carbonyl (C=O) groups is 1. The molecule has 1 aliphatic rings. The van der Waals surface area contributed by atoms with Gasteiger partial charge < -0.3 is 11.1 Å². The fourth-order valence-electron chi connectivity index (χ4n) is 2.17. The first-order chi connectivity index (χ1) is 8.54. The van der Waals surface area contributed by atoms with Crippen LogP contribution in [0.4, 0.5) is 5.69 Å². The van der Waals surface area contributed by atoms with Gasteiger partial charge in [-0.15, -0.1) is 0 Å². The van der Waals surface area contributed by atoms with Crippen molar-refractivity contribution in [1.82, 2.24) is 4.90 Å². The van der Waals surface area contributed by atoms with Crippen LogP contribution in [0.25, 0.3) is 0 Å². The maximum atomic E-state index is 11.9. The van der Waals surface area contributed by atoms with E-state index < -0.39 is 0 Å². The molecule has 0 bridgehead atoms. The van der Waals surface area contributed by atoms with Gasteiger partial charge in [-0.25, -0.2) is 0 Å². The summed E-state index contributed by atoms with van der Waals surface area (Å²) in [5.41, 5.74) is 7.59. The Morgan fingerprint density at radius 1 is 1.61 bits per heavy atom. The lowest BCUT2D eigenvalue weighted by Gasteiger charge is -2.15. The third-order valence-corrected chi connectivity index (χ3v) is 3.37. The lowest BCUT2D eigenvalue weighted by molar-refractivity contribution is -0.117. The molecule has 0 radical (unpaired) electrons. The van der Waals surface area contributed by atoms with Crippen LogP contribution in [0.1, 0.15) is 12.0 Å². The van der Waals surface area contributed by atoms with Gasteiger partial charge >= 0.3 is 0 Å². The molecular formula is C13H18ClN3O. The largest absolute Gasteiger partial charge is 0.326 e. The second kappa shape index (κ2) is 5.69. The molecule has 1 aliphatic heterocycles. The molecule has 1 atom stereocenters. The number of likely N-dealkylation sites (tertiary alicyclic amines) is 1. The van der Waals surface area contributed by atoms with Gasteiger partial charge in [0.1, 0.15) is 0 Å². The van der Waals surface area contributed by atoms with E-state index in [0.29, 0.717) is 11.6 Å². The van der Waals surface area contributed by atoms with Crippen LogP contribution >= 0.6 is 11.6 Å². The fraction of sp³-hybridized carbons (Fsp3) is 0.462. The fourth-order valence-corrected chi connectivity index (χ4v) is 2.39. The Hall–Kier alpha value is -1.10. The summed E-state index contributed by atoms with van der Waals surface area (Å²) >= 11 is 5.87. The van der Waals surface area contributed by atoms with Crippen LogP contribution in [0.3, 0.4) is 0 Å². The number of hydrogen-bond donors (Lipinski definition) is 2. The molecule has 3 N–H and O–H groups in total. The summed E-state index contributed by atoms with van der Waals surface area (Å²) in [6, 6.07) is 5.64. The summed E-state index contributed by atoms with van der Waals surface area (Å²) in [4.78, 5) is 14.0. The van der Waals surface area contributed by atoms with Gasteiger partial charge in [-0.2, -0.15) is 0 Å². The standard InChI is InChI=1S/C13H18ClN3O/c1-9-6-10(14)2-3-12(9)16-13(18)8-17-5-4-11(15)7-17/h2-3,6,11H,4-5,7-8,15H2,1H3,(H,16,18)/t11-/m0/s1. The van der Waals surface area contributed by atoms with Crippen LogP contribution < -0.4 is 11.1 Å². The molecule has 1 amide bonds. The predicted octanol–water partition coefficient (Wildman–Crippen LogP) is 1.62. The molecule has 1 fully saturated rings. The molecule has 0 spiro atoms. The average Bonchev–Trinajstić information content (AvgIpc) is 2.68. The van der Waals surface area contributed by atoms with Crippen molar-refractivity contribution < 1.29 is 4.79 Å². The molecule has 1 aromatic rings. The Kier molecular flexibility index (Phi) is 4.22. The number of benzene rings is 1. The lowest BCUT2D eigenvalue weighted by atomic mass is 10.2. The molecule has 4 nitrogen and oxygen atoms in total. The quantitative estimate of drug-likeness (QED) is 0.875. The number of rotatable bonds is 3. The van der Waals surface area contributed by atoms with E-state index in [2.05, 4.69) is 10.2 Å². The zero-order valence-corrected chi connectivity index (χ0v) is 11.2. The maximum absolute atomic E-state index is 11.9. The Balaban J connectivity index is 1.91. The summed E-state index contributed by atoms with van der Waals surface area (Å²) in [6.45, 7) is 4.02. The van der Waals surface area contributed by atoms with Crippen molar-refractivity contribution in [2.75, 3.05) is 25.0 Å². The zero-order valence-electron chi connectivity index (χ0n) is 10.4. The number of halogens is 1. The number of aryl methyl sites for hydroxylation is 1. The topological polar surface area (TPSA) is 58.4 Å². The molecule has 1 saturated heterocycles. The van der Waals surface area contributed by atoms with E-state index in [9.17, 15) is 4.79 Å². The van der Waals surface area contributed by atoms with Crippen LogP contribution in [-0.4, -0.2) is 36.5 Å². The molecule has 1 aromatic carbocycles. The molecule has 0 saturated carbocycles. The summed E-state index contributed by atoms with van der Waals surface area (Å²) in [5, 5.41) is 3.58. The monoisotopic (exact) mass is 267 g/mol. The van der Waals surface area contributed by atoms with Crippen molar-refractivity contribution in [3.63, 3.8) is 0 Å². The van der Waals surface area contributed by atoms with E-state index >= 15 is 0 Å². The van der Waals surface area contributed by atoms with Gasteiger partial charge in [0.2, 0.25) is 5.91 Å². The number of hydrogen-bond acceptors (Lipinski definition) is 3. The van der Waals surface area contributed by atoms with Crippen molar-refractivity contribution in [3.8, 4) is 0 Å². The molecule has 0 aliphatic carbocycles. The van der Waals surface area contributed by atoms with Crippen molar-refractivity contribution >= 4 is 23.2 Å². The molecule has 5 heteroatoms. The van der Waals surface area contributed by atoms with Crippen LogP contribution in [0.2, 0.25) is 5.02 Å². The Morgan fingerprint density at radius 2 is 2.39 bits per heavy atom. The van der Waals surface area contributed by atoms with Gasteiger partial charge in [0.25, 0.3) is 0 Å². The highest BCUT2D eigenvalue weighted by atomic mass is 35.5. The van der Waals surface area contributed by atoms with E-state index in [-0.39, 0.29) is 11.9 Å². The second-order valence-electron chi connectivity index (χ2n) is 4.79. The Labute approximate surface area is 112 Å². The van der Waals surface area contributed by atoms with Crippen LogP contribution in [0.15, 0.2) is 18.2 Å². The molecule has 0 unspecified atom stereocenters. The highest BCUT2D eigenvalue weighted by Crippen LogP contribution is 2.19. The number of nitrogens with zero attached hydrogens (tertiary/aromatic N) is 1. The number of carbonyl (C=O) groups excluding carboxylic acids is 1. The van der Waals surface area contributed by atoms with Gasteiger partial charge in [0, 0.05) is 29.8 Å². The third kappa shape index (κ3) is 3.45. The Bertz CT molecular complexity index is 450. The number of anilines is 1. The lowest BCUT2D eigenvalue weighted by Crippen LogP contribution is -2.33. The SMILES string of the molecule is Cc1cc(Cl)ccc1NC(=O)CN1CC[C@H](N)C1. The van der Waals surface area contributed by atoms with Gasteiger partial charge in [-0.1, -0.05) is 11.6 Å². The van der Waals surface area contributed by atoms with Gasteiger partial charge in [-0.3, -0.25) is 9.69 Å². The van der Waals surface area contributed by atoms with Gasteiger partial charge in [0.05, 0.1) is 6.54 Å². The summed E-state index contributed by atoms with van der Waals surface area (Å²) in [7, 11) is 0. The smallest absolute Gasteiger partial charge is 0.238 e. The molecule has 1 heterocycles. The first-order valence-corrected chi connectivity index (χ1v) is 6.46. The Morgan fingerprint density at radius 3 is 3.00 bits per heavy atom. The number of nitrogens with two attached hydrogens (primary N) is 1. The van der Waals surface area contributed by atoms with E-state index in [4.69, 9.17) is 17.3 Å². The van der Waals surface area contributed by atoms with Crippen molar-refractivity contribution in [1.29, 1.82) is 0 Å². The molecule has 18 heavy (non-hydrogen) atoms. The maximum Gasteiger partial charge on any atom is 0.238 e. The van der Waals surface area contributed by atoms with E-state index in [1.807, 2.05) is 19.1 Å². The summed E-state index contributed by atoms with van der Waals surface area (Å²) in [6.07, 6.45) is 0.966. The average molecular weight is 268 g/mol. The van der Waals surface area contributed by atoms with Gasteiger partial charge in [-0.05, 0) is 37.1 Å². The van der Waals surface area contributed by atoms with Crippen LogP contribution in [0.5, 0.6) is 0 Å². The number of amides is 1. The molecule has 0 aromatic heterocycles. The van der Waals surface area contributed by atoms with Crippen LogP contribution in [-0.2, 0) is 4.79 Å². The van der Waals surface area contributed by atoms with E-state index in [1.54, 1.807) is 6.07 Å². The minimum atomic E-state index is -0.00507. The third-order valence-electron chi connectivity index (χ3n) is 3.14. The van der Waals surface area contributed by atoms with E-state index in [0.717, 1.165) is 30.8 Å². The minimum absolute atomic E-state index is 0.00507. The predicted molar refractivity (Wildman–Crippen MR) is 73.9 cm³/mol. The normalized spacial score (nSPS) is 20.1. The highest BCUT2D eigenvalue weighted by Gasteiger charge is 2.21. The summed E-state index contributed by atoms with van der Waals surface area (Å²) in [5.74, 6) is -0.00507. The first kappa shape index (κ1) is 13.3. The second-order valence-corrected chi connectivity index (χ2v) is 5.23. The summed E-state index contributed by atoms with van der Waals surface area (Å²) < 4.78 is 0. The number of nitrogens with one attached hydrogen (secondary N) is 1. The minimum Gasteiger partial charge on any atom is -0.326 e. The zero-order chi connectivity index (χ0) is 13.1. The van der Waals surface area contributed by atoms with E-state index in [1.165, 1.54) is 0 Å².